The number of anilines is 1. The minimum absolute atomic E-state index is 0.0143. The summed E-state index contributed by atoms with van der Waals surface area (Å²) in [4.78, 5) is 12.6. The molecule has 2 aromatic rings. The van der Waals surface area contributed by atoms with Crippen LogP contribution in [0.5, 0.6) is 0 Å². The number of allylic oxidation sites excluding steroid dienone is 6. The van der Waals surface area contributed by atoms with Crippen molar-refractivity contribution in [2.75, 3.05) is 29.5 Å². The summed E-state index contributed by atoms with van der Waals surface area (Å²) >= 11 is 0. The zero-order valence-corrected chi connectivity index (χ0v) is 32.1. The molecule has 2 aliphatic heterocycles. The molecule has 2 aliphatic rings. The van der Waals surface area contributed by atoms with Crippen LogP contribution in [0.1, 0.15) is 89.7 Å². The number of carboxylic acids is 1. The molecular weight excluding hydrogens is 753 g/mol. The summed E-state index contributed by atoms with van der Waals surface area (Å²) in [5.41, 5.74) is 0.328. The molecule has 10 nitrogen and oxygen atoms in total. The highest BCUT2D eigenvalue weighted by Gasteiger charge is 2.47. The molecule has 54 heavy (non-hydrogen) atoms. The molecule has 0 amide bonds. The largest absolute Gasteiger partial charge is 0.481 e. The van der Waals surface area contributed by atoms with E-state index in [0.717, 1.165) is 12.1 Å². The van der Waals surface area contributed by atoms with Crippen molar-refractivity contribution in [2.24, 2.45) is 0 Å². The summed E-state index contributed by atoms with van der Waals surface area (Å²) in [6, 6.07) is 4.06. The first-order chi connectivity index (χ1) is 25.2. The van der Waals surface area contributed by atoms with Crippen LogP contribution in [-0.2, 0) is 35.9 Å². The lowest BCUT2D eigenvalue weighted by atomic mass is 9.77. The molecule has 0 fully saturated rings. The second-order valence-electron chi connectivity index (χ2n) is 14.4. The smallest absolute Gasteiger partial charge is 0.303 e. The number of fused-ring (bicyclic) bond motifs is 2. The molecule has 4 rings (SSSR count). The summed E-state index contributed by atoms with van der Waals surface area (Å²) in [7, 11) is -8.48. The van der Waals surface area contributed by atoms with E-state index in [1.54, 1.807) is 42.2 Å². The molecule has 2 aromatic carbocycles. The minimum atomic E-state index is -4.24. The Morgan fingerprint density at radius 1 is 0.778 bits per heavy atom. The molecule has 0 saturated carbocycles. The van der Waals surface area contributed by atoms with Gasteiger partial charge in [-0.15, -0.1) is 0 Å². The third-order valence-corrected chi connectivity index (χ3v) is 11.6. The van der Waals surface area contributed by atoms with Crippen LogP contribution < -0.4 is 4.90 Å². The van der Waals surface area contributed by atoms with E-state index in [0.29, 0.717) is 48.5 Å². The average molecular weight is 800 g/mol. The first-order valence-electron chi connectivity index (χ1n) is 17.7. The molecule has 1 unspecified atom stereocenters. The number of nitrogens with zero attached hydrogens (tertiary/aromatic N) is 2. The van der Waals surface area contributed by atoms with Gasteiger partial charge in [-0.1, -0.05) is 24.6 Å². The number of hydrogen-bond acceptors (Lipinski definition) is 6. The zero-order valence-electron chi connectivity index (χ0n) is 30.5. The van der Waals surface area contributed by atoms with Crippen molar-refractivity contribution in [1.82, 2.24) is 0 Å². The third-order valence-electron chi connectivity index (χ3n) is 9.98. The fourth-order valence-electron chi connectivity index (χ4n) is 7.57. The van der Waals surface area contributed by atoms with Crippen molar-refractivity contribution in [3.63, 3.8) is 0 Å². The van der Waals surface area contributed by atoms with Crippen LogP contribution in [0.25, 0.3) is 0 Å². The number of rotatable bonds is 19. The van der Waals surface area contributed by atoms with E-state index in [2.05, 4.69) is 0 Å². The van der Waals surface area contributed by atoms with Crippen LogP contribution >= 0.6 is 0 Å². The summed E-state index contributed by atoms with van der Waals surface area (Å²) in [5.74, 6) is -4.97. The second kappa shape index (κ2) is 17.3. The molecule has 296 valence electrons. The highest BCUT2D eigenvalue weighted by molar-refractivity contribution is 7.86. The van der Waals surface area contributed by atoms with Crippen molar-refractivity contribution in [3.05, 3.63) is 94.7 Å². The van der Waals surface area contributed by atoms with Gasteiger partial charge in [-0.2, -0.15) is 21.4 Å². The Morgan fingerprint density at radius 2 is 1.39 bits per heavy atom. The molecule has 0 saturated heterocycles. The molecule has 2 heterocycles. The van der Waals surface area contributed by atoms with E-state index in [4.69, 9.17) is 5.11 Å². The van der Waals surface area contributed by atoms with E-state index < -0.39 is 71.8 Å². The monoisotopic (exact) mass is 799 g/mol. The van der Waals surface area contributed by atoms with Crippen LogP contribution in [0.15, 0.2) is 60.3 Å². The van der Waals surface area contributed by atoms with E-state index in [1.165, 1.54) is 12.1 Å². The highest BCUT2D eigenvalue weighted by atomic mass is 32.2. The Kier molecular flexibility index (Phi) is 13.7. The Bertz CT molecular complexity index is 2100. The Labute approximate surface area is 314 Å². The fraction of sp³-hybridized carbons (Fsp3) is 0.474. The van der Waals surface area contributed by atoms with Gasteiger partial charge >= 0.3 is 5.97 Å². The van der Waals surface area contributed by atoms with Crippen LogP contribution in [0.3, 0.4) is 0 Å². The maximum atomic E-state index is 15.6. The quantitative estimate of drug-likeness (QED) is 0.0426. The van der Waals surface area contributed by atoms with E-state index in [-0.39, 0.29) is 56.3 Å². The fourth-order valence-corrected chi connectivity index (χ4v) is 8.70. The number of unbranched alkanes of at least 4 members (excludes halogenated alkanes) is 4. The lowest BCUT2D eigenvalue weighted by Gasteiger charge is -2.30. The molecule has 1 atom stereocenters. The Hall–Kier alpha value is -3.86. The van der Waals surface area contributed by atoms with Crippen LogP contribution in [0.4, 0.5) is 28.9 Å². The topological polar surface area (TPSA) is 152 Å². The summed E-state index contributed by atoms with van der Waals surface area (Å²) in [5, 5.41) is 8.99. The minimum Gasteiger partial charge on any atom is -0.481 e. The van der Waals surface area contributed by atoms with Crippen LogP contribution in [0, 0.1) is 23.3 Å². The number of hydrogen-bond donors (Lipinski definition) is 3. The highest BCUT2D eigenvalue weighted by Crippen LogP contribution is 2.52. The van der Waals surface area contributed by atoms with Gasteiger partial charge in [0, 0.05) is 60.3 Å². The van der Waals surface area contributed by atoms with Crippen molar-refractivity contribution in [3.8, 4) is 0 Å². The summed E-state index contributed by atoms with van der Waals surface area (Å²) < 4.78 is 126. The first-order valence-corrected chi connectivity index (χ1v) is 21.0. The zero-order chi connectivity index (χ0) is 40.1. The van der Waals surface area contributed by atoms with E-state index in [1.807, 2.05) is 18.4 Å². The van der Waals surface area contributed by atoms with Gasteiger partial charge in [-0.05, 0) is 71.4 Å². The van der Waals surface area contributed by atoms with Gasteiger partial charge < -0.3 is 10.0 Å². The maximum Gasteiger partial charge on any atom is 0.303 e. The number of carboxylic acid groups (broad SMARTS) is 1. The van der Waals surface area contributed by atoms with Crippen LogP contribution in [0.2, 0.25) is 0 Å². The Morgan fingerprint density at radius 3 is 2.02 bits per heavy atom. The third kappa shape index (κ3) is 10.5. The van der Waals surface area contributed by atoms with Gasteiger partial charge in [0.15, 0.2) is 5.71 Å². The van der Waals surface area contributed by atoms with Crippen molar-refractivity contribution in [2.45, 2.75) is 89.4 Å². The lowest BCUT2D eigenvalue weighted by molar-refractivity contribution is -0.438. The van der Waals surface area contributed by atoms with Crippen molar-refractivity contribution < 1.29 is 58.0 Å². The van der Waals surface area contributed by atoms with Crippen molar-refractivity contribution >= 4 is 43.3 Å². The predicted molar refractivity (Wildman–Crippen MR) is 199 cm³/mol. The van der Waals surface area contributed by atoms with Gasteiger partial charge in [-0.3, -0.25) is 13.9 Å². The Balaban J connectivity index is 1.71. The molecule has 0 spiro atoms. The molecule has 0 aliphatic carbocycles. The normalized spacial score (nSPS) is 19.1. The molecule has 0 radical (unpaired) electrons. The number of carbonyl (C=O) groups is 1. The number of halogens is 4. The average Bonchev–Trinajstić information content (AvgIpc) is 3.39. The predicted octanol–water partition coefficient (Wildman–Crippen LogP) is 7.76. The van der Waals surface area contributed by atoms with Gasteiger partial charge in [0.05, 0.1) is 28.2 Å². The summed E-state index contributed by atoms with van der Waals surface area (Å²) in [6.45, 7) is 5.90. The number of aliphatic carboxylic acids is 1. The maximum absolute atomic E-state index is 15.6. The van der Waals surface area contributed by atoms with Crippen molar-refractivity contribution in [1.29, 1.82) is 0 Å². The standard InChI is InChI=1S/C38H46F4N2O8S2/c1-37(2)32(43(18-10-5-8-16-34(45)46)30-24-26(39)22-28(41)35(30)37)14-6-4-7-15-33-38(3,17-9-12-20-53(47,48)49)36-29(42)23-27(40)25-31(36)44(33)19-11-13-21-54(50,51)52/h4,6-7,14-15,22-25H,5,8-13,16-21H2,1-3H3,(H2-,45,46,47,48,49,50,51,52)/p+1. The SMILES string of the molecule is CC1(C)C(/C=C/C=C/C=C2/N(CCCCS(=O)(=O)O)c3cc(F)cc(F)c3C2(C)CCCCS(=O)(=O)O)=[N+](CCCCCC(=O)O)c2cc(F)cc(F)c21. The van der Waals surface area contributed by atoms with Gasteiger partial charge in [0.1, 0.15) is 29.8 Å². The van der Waals surface area contributed by atoms with Gasteiger partial charge in [0.25, 0.3) is 20.2 Å². The van der Waals surface area contributed by atoms with E-state index >= 15 is 8.78 Å². The molecule has 16 heteroatoms. The number of benzene rings is 2. The van der Waals surface area contributed by atoms with Gasteiger partial charge in [0.2, 0.25) is 5.69 Å². The van der Waals surface area contributed by atoms with Crippen LogP contribution in [-0.4, -0.2) is 71.9 Å². The van der Waals surface area contributed by atoms with Gasteiger partial charge in [-0.25, -0.2) is 17.6 Å². The second-order valence-corrected chi connectivity index (χ2v) is 17.6. The molecule has 3 N–H and O–H groups in total. The van der Waals surface area contributed by atoms with E-state index in [9.17, 15) is 39.5 Å². The molecule has 0 bridgehead atoms. The lowest BCUT2D eigenvalue weighted by Crippen LogP contribution is -2.30. The summed E-state index contributed by atoms with van der Waals surface area (Å²) in [6.07, 6.45) is 11.0. The first kappa shape index (κ1) is 42.9. The molecule has 0 aromatic heterocycles. The molecular formula is C38H47F4N2O8S2+.